The van der Waals surface area contributed by atoms with Crippen molar-refractivity contribution in [1.29, 1.82) is 0 Å². The molecule has 1 aromatic carbocycles. The van der Waals surface area contributed by atoms with Crippen LogP contribution in [0.4, 0.5) is 0 Å². The molecular formula is C17H17N3O. The van der Waals surface area contributed by atoms with Crippen LogP contribution >= 0.6 is 0 Å². The maximum absolute atomic E-state index is 12.1. The van der Waals surface area contributed by atoms with Crippen LogP contribution in [0.25, 0.3) is 17.0 Å². The van der Waals surface area contributed by atoms with Gasteiger partial charge in [-0.05, 0) is 25.0 Å². The zero-order valence-electron chi connectivity index (χ0n) is 11.7. The SMILES string of the molecule is O=C1NN=C(C2CCCC2)/C1=C/c1c[nH]c2ccccc12. The largest absolute Gasteiger partial charge is 0.361 e. The maximum Gasteiger partial charge on any atom is 0.273 e. The minimum Gasteiger partial charge on any atom is -0.361 e. The first-order chi connectivity index (χ1) is 10.3. The minimum atomic E-state index is -0.0813. The number of hydrogen-bond acceptors (Lipinski definition) is 2. The third-order valence-corrected chi connectivity index (χ3v) is 4.46. The number of rotatable bonds is 2. The Morgan fingerprint density at radius 3 is 2.86 bits per heavy atom. The number of nitrogens with zero attached hydrogens (tertiary/aromatic N) is 1. The lowest BCUT2D eigenvalue weighted by Crippen LogP contribution is -2.16. The third kappa shape index (κ3) is 2.07. The van der Waals surface area contributed by atoms with Gasteiger partial charge in [-0.25, -0.2) is 5.43 Å². The maximum atomic E-state index is 12.1. The molecule has 0 radical (unpaired) electrons. The number of para-hydroxylation sites is 1. The summed E-state index contributed by atoms with van der Waals surface area (Å²) in [6.45, 7) is 0. The van der Waals surface area contributed by atoms with Crippen LogP contribution in [0, 0.1) is 5.92 Å². The van der Waals surface area contributed by atoms with E-state index in [-0.39, 0.29) is 5.91 Å². The van der Waals surface area contributed by atoms with Crippen molar-refractivity contribution in [3.8, 4) is 0 Å². The highest BCUT2D eigenvalue weighted by Gasteiger charge is 2.31. The van der Waals surface area contributed by atoms with Gasteiger partial charge >= 0.3 is 0 Å². The van der Waals surface area contributed by atoms with Crippen LogP contribution in [0.5, 0.6) is 0 Å². The van der Waals surface area contributed by atoms with E-state index in [2.05, 4.69) is 21.6 Å². The lowest BCUT2D eigenvalue weighted by Gasteiger charge is -2.08. The molecule has 0 atom stereocenters. The molecule has 2 aromatic rings. The number of hydrazone groups is 1. The molecule has 1 aromatic heterocycles. The molecule has 2 aliphatic rings. The number of aromatic amines is 1. The summed E-state index contributed by atoms with van der Waals surface area (Å²) >= 11 is 0. The minimum absolute atomic E-state index is 0.0813. The standard InChI is InChI=1S/C17H17N3O/c21-17-14(16(19-20-17)11-5-1-2-6-11)9-12-10-18-15-8-4-3-7-13(12)15/h3-4,7-11,18H,1-2,5-6H2,(H,20,21)/b14-9-. The van der Waals surface area contributed by atoms with E-state index in [4.69, 9.17) is 0 Å². The number of amides is 1. The van der Waals surface area contributed by atoms with Crippen molar-refractivity contribution in [2.24, 2.45) is 11.0 Å². The summed E-state index contributed by atoms with van der Waals surface area (Å²) in [5.41, 5.74) is 6.43. The van der Waals surface area contributed by atoms with Gasteiger partial charge in [-0.2, -0.15) is 5.10 Å². The molecule has 0 unspecified atom stereocenters. The molecule has 106 valence electrons. The summed E-state index contributed by atoms with van der Waals surface area (Å²) < 4.78 is 0. The zero-order chi connectivity index (χ0) is 14.2. The zero-order valence-corrected chi connectivity index (χ0v) is 11.7. The van der Waals surface area contributed by atoms with Crippen LogP contribution in [0.15, 0.2) is 41.1 Å². The molecule has 1 aliphatic carbocycles. The fourth-order valence-electron chi connectivity index (χ4n) is 3.37. The smallest absolute Gasteiger partial charge is 0.273 e. The summed E-state index contributed by atoms with van der Waals surface area (Å²) in [6.07, 6.45) is 8.67. The van der Waals surface area contributed by atoms with Gasteiger partial charge in [-0.3, -0.25) is 4.79 Å². The monoisotopic (exact) mass is 279 g/mol. The predicted octanol–water partition coefficient (Wildman–Crippen LogP) is 3.23. The van der Waals surface area contributed by atoms with E-state index in [1.54, 1.807) is 0 Å². The van der Waals surface area contributed by atoms with Crippen LogP contribution in [0.3, 0.4) is 0 Å². The van der Waals surface area contributed by atoms with Gasteiger partial charge in [-0.1, -0.05) is 31.0 Å². The van der Waals surface area contributed by atoms with Crippen LogP contribution in [0.2, 0.25) is 0 Å². The van der Waals surface area contributed by atoms with Gasteiger partial charge < -0.3 is 4.98 Å². The van der Waals surface area contributed by atoms with Crippen molar-refractivity contribution in [3.05, 3.63) is 41.6 Å². The molecular weight excluding hydrogens is 262 g/mol. The number of fused-ring (bicyclic) bond motifs is 1. The average Bonchev–Trinajstić information content (AvgIpc) is 3.21. The molecule has 0 spiro atoms. The number of carbonyl (C=O) groups is 1. The van der Waals surface area contributed by atoms with Crippen LogP contribution < -0.4 is 5.43 Å². The van der Waals surface area contributed by atoms with Gasteiger partial charge in [0.15, 0.2) is 0 Å². The number of nitrogens with one attached hydrogen (secondary N) is 2. The summed E-state index contributed by atoms with van der Waals surface area (Å²) in [6, 6.07) is 8.12. The van der Waals surface area contributed by atoms with Crippen molar-refractivity contribution >= 4 is 28.6 Å². The average molecular weight is 279 g/mol. The van der Waals surface area contributed by atoms with Gasteiger partial charge in [-0.15, -0.1) is 0 Å². The molecule has 0 bridgehead atoms. The van der Waals surface area contributed by atoms with Gasteiger partial charge in [0, 0.05) is 28.6 Å². The Morgan fingerprint density at radius 2 is 2.00 bits per heavy atom. The Kier molecular flexibility index (Phi) is 2.88. The van der Waals surface area contributed by atoms with Gasteiger partial charge in [0.25, 0.3) is 5.91 Å². The van der Waals surface area contributed by atoms with Crippen molar-refractivity contribution in [1.82, 2.24) is 10.4 Å². The summed E-state index contributed by atoms with van der Waals surface area (Å²) in [5.74, 6) is 0.350. The Labute approximate surface area is 122 Å². The van der Waals surface area contributed by atoms with E-state index in [0.717, 1.165) is 40.6 Å². The normalized spacial score (nSPS) is 21.2. The highest BCUT2D eigenvalue weighted by molar-refractivity contribution is 6.28. The molecule has 1 fully saturated rings. The summed E-state index contributed by atoms with van der Waals surface area (Å²) in [5, 5.41) is 5.41. The Bertz CT molecular complexity index is 763. The first-order valence-corrected chi connectivity index (χ1v) is 7.49. The number of hydrogen-bond donors (Lipinski definition) is 2. The Hall–Kier alpha value is -2.36. The second-order valence-corrected chi connectivity index (χ2v) is 5.77. The lowest BCUT2D eigenvalue weighted by atomic mass is 9.94. The molecule has 4 nitrogen and oxygen atoms in total. The van der Waals surface area contributed by atoms with Crippen LogP contribution in [-0.4, -0.2) is 16.6 Å². The molecule has 1 saturated carbocycles. The lowest BCUT2D eigenvalue weighted by molar-refractivity contribution is -0.116. The molecule has 21 heavy (non-hydrogen) atoms. The quantitative estimate of drug-likeness (QED) is 0.815. The van der Waals surface area contributed by atoms with E-state index < -0.39 is 0 Å². The number of benzene rings is 1. The second kappa shape index (κ2) is 4.88. The fourth-order valence-corrected chi connectivity index (χ4v) is 3.37. The molecule has 2 N–H and O–H groups in total. The molecule has 4 heteroatoms. The topological polar surface area (TPSA) is 57.2 Å². The van der Waals surface area contributed by atoms with E-state index in [1.807, 2.05) is 30.5 Å². The van der Waals surface area contributed by atoms with Crippen molar-refractivity contribution in [2.75, 3.05) is 0 Å². The number of H-pyrrole nitrogens is 1. The van der Waals surface area contributed by atoms with Crippen molar-refractivity contribution in [3.63, 3.8) is 0 Å². The fraction of sp³-hybridized carbons (Fsp3) is 0.294. The highest BCUT2D eigenvalue weighted by Crippen LogP contribution is 2.31. The van der Waals surface area contributed by atoms with Crippen molar-refractivity contribution < 1.29 is 4.79 Å². The van der Waals surface area contributed by atoms with Gasteiger partial charge in [0.2, 0.25) is 0 Å². The third-order valence-electron chi connectivity index (χ3n) is 4.46. The van der Waals surface area contributed by atoms with Gasteiger partial charge in [0.1, 0.15) is 0 Å². The highest BCUT2D eigenvalue weighted by atomic mass is 16.2. The van der Waals surface area contributed by atoms with Crippen molar-refractivity contribution in [2.45, 2.75) is 25.7 Å². The number of carbonyl (C=O) groups excluding carboxylic acids is 1. The van der Waals surface area contributed by atoms with E-state index in [1.165, 1.54) is 12.8 Å². The van der Waals surface area contributed by atoms with Gasteiger partial charge in [0.05, 0.1) is 11.3 Å². The van der Waals surface area contributed by atoms with Crippen LogP contribution in [0.1, 0.15) is 31.2 Å². The molecule has 4 rings (SSSR count). The van der Waals surface area contributed by atoms with E-state index in [0.29, 0.717) is 5.92 Å². The summed E-state index contributed by atoms with van der Waals surface area (Å²) in [4.78, 5) is 15.3. The van der Waals surface area contributed by atoms with E-state index >= 15 is 0 Å². The molecule has 0 saturated heterocycles. The number of aromatic nitrogens is 1. The molecule has 1 amide bonds. The first kappa shape index (κ1) is 12.4. The first-order valence-electron chi connectivity index (χ1n) is 7.49. The van der Waals surface area contributed by atoms with Crippen LogP contribution in [-0.2, 0) is 4.79 Å². The van der Waals surface area contributed by atoms with E-state index in [9.17, 15) is 4.79 Å². The second-order valence-electron chi connectivity index (χ2n) is 5.77. The Balaban J connectivity index is 1.76. The predicted molar refractivity (Wildman–Crippen MR) is 83.8 cm³/mol. The summed E-state index contributed by atoms with van der Waals surface area (Å²) in [7, 11) is 0. The Morgan fingerprint density at radius 1 is 1.19 bits per heavy atom. The molecule has 2 heterocycles. The molecule has 1 aliphatic heterocycles.